The van der Waals surface area contributed by atoms with Crippen LogP contribution in [0.4, 0.5) is 0 Å². The van der Waals surface area contributed by atoms with Gasteiger partial charge in [0.25, 0.3) is 0 Å². The van der Waals surface area contributed by atoms with Crippen molar-refractivity contribution in [2.45, 2.75) is 45.4 Å². The standard InChI is InChI=1S/C23H31N5O2/c1-5-20-18-13-17(10-11-21(18)28(26-20)22-9-7-8-12-29-22)19-15-25-27(4)23(19)30-16(3)14-24-6-2/h5,10-11,13,15-16,22,24H,1,6-9,12,14H2,2-4H3/t16-,22?/m0/s1. The fourth-order valence-corrected chi connectivity index (χ4v) is 3.96. The lowest BCUT2D eigenvalue weighted by Gasteiger charge is -2.23. The predicted molar refractivity (Wildman–Crippen MR) is 119 cm³/mol. The average molecular weight is 410 g/mol. The Morgan fingerprint density at radius 2 is 2.27 bits per heavy atom. The molecule has 0 amide bonds. The minimum absolute atomic E-state index is 0.00926. The van der Waals surface area contributed by atoms with E-state index in [-0.39, 0.29) is 12.3 Å². The van der Waals surface area contributed by atoms with Crippen LogP contribution >= 0.6 is 0 Å². The third-order valence-corrected chi connectivity index (χ3v) is 5.55. The summed E-state index contributed by atoms with van der Waals surface area (Å²) >= 11 is 0. The highest BCUT2D eigenvalue weighted by atomic mass is 16.5. The highest BCUT2D eigenvalue weighted by molar-refractivity contribution is 5.91. The molecule has 1 aliphatic rings. The van der Waals surface area contributed by atoms with Gasteiger partial charge in [-0.05, 0) is 56.5 Å². The second-order valence-corrected chi connectivity index (χ2v) is 7.81. The van der Waals surface area contributed by atoms with E-state index < -0.39 is 0 Å². The number of nitrogens with zero attached hydrogens (tertiary/aromatic N) is 4. The van der Waals surface area contributed by atoms with Crippen molar-refractivity contribution < 1.29 is 9.47 Å². The van der Waals surface area contributed by atoms with Crippen molar-refractivity contribution in [2.24, 2.45) is 7.05 Å². The maximum atomic E-state index is 6.22. The quantitative estimate of drug-likeness (QED) is 0.605. The Bertz CT molecular complexity index is 1020. The molecule has 0 saturated carbocycles. The van der Waals surface area contributed by atoms with Gasteiger partial charge in [0.15, 0.2) is 6.23 Å². The molecule has 3 heterocycles. The molecule has 160 valence electrons. The molecule has 0 spiro atoms. The van der Waals surface area contributed by atoms with Crippen molar-refractivity contribution in [2.75, 3.05) is 19.7 Å². The number of benzene rings is 1. The molecule has 0 radical (unpaired) electrons. The van der Waals surface area contributed by atoms with Gasteiger partial charge in [-0.2, -0.15) is 10.2 Å². The summed E-state index contributed by atoms with van der Waals surface area (Å²) in [7, 11) is 1.91. The molecule has 1 aromatic carbocycles. The van der Waals surface area contributed by atoms with Gasteiger partial charge >= 0.3 is 0 Å². The van der Waals surface area contributed by atoms with Gasteiger partial charge in [0.05, 0.1) is 23.0 Å². The molecule has 1 saturated heterocycles. The van der Waals surface area contributed by atoms with E-state index in [1.807, 2.05) is 24.0 Å². The van der Waals surface area contributed by atoms with E-state index in [1.54, 1.807) is 4.68 Å². The maximum Gasteiger partial charge on any atom is 0.219 e. The van der Waals surface area contributed by atoms with Crippen LogP contribution in [0, 0.1) is 0 Å². The van der Waals surface area contributed by atoms with Crippen molar-refractivity contribution in [1.29, 1.82) is 0 Å². The number of aryl methyl sites for hydroxylation is 1. The lowest BCUT2D eigenvalue weighted by Crippen LogP contribution is -2.29. The van der Waals surface area contributed by atoms with Crippen molar-refractivity contribution in [3.63, 3.8) is 0 Å². The Morgan fingerprint density at radius 1 is 1.40 bits per heavy atom. The molecular weight excluding hydrogens is 378 g/mol. The lowest BCUT2D eigenvalue weighted by molar-refractivity contribution is -0.0367. The third-order valence-electron chi connectivity index (χ3n) is 5.55. The molecule has 7 nitrogen and oxygen atoms in total. The van der Waals surface area contributed by atoms with Crippen LogP contribution in [0.5, 0.6) is 5.88 Å². The summed E-state index contributed by atoms with van der Waals surface area (Å²) < 4.78 is 16.0. The van der Waals surface area contributed by atoms with Crippen molar-refractivity contribution in [3.8, 4) is 17.0 Å². The van der Waals surface area contributed by atoms with E-state index in [2.05, 4.69) is 49.0 Å². The normalized spacial score (nSPS) is 17.9. The Balaban J connectivity index is 1.70. The second kappa shape index (κ2) is 9.02. The molecule has 7 heteroatoms. The topological polar surface area (TPSA) is 66.1 Å². The van der Waals surface area contributed by atoms with E-state index in [4.69, 9.17) is 14.6 Å². The number of hydrogen-bond donors (Lipinski definition) is 1. The summed E-state index contributed by atoms with van der Waals surface area (Å²) in [6.45, 7) is 10.6. The van der Waals surface area contributed by atoms with Gasteiger partial charge in [-0.3, -0.25) is 0 Å². The average Bonchev–Trinajstić information content (AvgIpc) is 3.33. The molecule has 0 aliphatic carbocycles. The fraction of sp³-hybridized carbons (Fsp3) is 0.478. The van der Waals surface area contributed by atoms with Crippen LogP contribution in [-0.2, 0) is 11.8 Å². The van der Waals surface area contributed by atoms with E-state index >= 15 is 0 Å². The highest BCUT2D eigenvalue weighted by Gasteiger charge is 2.22. The fourth-order valence-electron chi connectivity index (χ4n) is 3.96. The Hall–Kier alpha value is -2.64. The molecule has 30 heavy (non-hydrogen) atoms. The van der Waals surface area contributed by atoms with Crippen LogP contribution in [-0.4, -0.2) is 45.4 Å². The van der Waals surface area contributed by atoms with Gasteiger partial charge < -0.3 is 14.8 Å². The molecule has 1 fully saturated rings. The van der Waals surface area contributed by atoms with Crippen LogP contribution < -0.4 is 10.1 Å². The Morgan fingerprint density at radius 3 is 3.00 bits per heavy atom. The number of fused-ring (bicyclic) bond motifs is 1. The van der Waals surface area contributed by atoms with Gasteiger partial charge in [0, 0.05) is 25.6 Å². The van der Waals surface area contributed by atoms with Crippen LogP contribution in [0.2, 0.25) is 0 Å². The molecular formula is C23H31N5O2. The zero-order valence-corrected chi connectivity index (χ0v) is 18.1. The maximum absolute atomic E-state index is 6.22. The summed E-state index contributed by atoms with van der Waals surface area (Å²) in [5, 5.41) is 13.6. The zero-order valence-electron chi connectivity index (χ0n) is 18.1. The molecule has 3 aromatic rings. The first-order valence-corrected chi connectivity index (χ1v) is 10.8. The molecule has 1 aliphatic heterocycles. The number of nitrogens with one attached hydrogen (secondary N) is 1. The number of rotatable bonds is 8. The first kappa shape index (κ1) is 20.6. The summed E-state index contributed by atoms with van der Waals surface area (Å²) in [6.07, 6.45) is 6.96. The van der Waals surface area contributed by atoms with E-state index in [9.17, 15) is 0 Å². The summed E-state index contributed by atoms with van der Waals surface area (Å²) in [5.41, 5.74) is 3.95. The summed E-state index contributed by atoms with van der Waals surface area (Å²) in [6, 6.07) is 6.37. The van der Waals surface area contributed by atoms with E-state index in [0.717, 1.165) is 72.6 Å². The van der Waals surface area contributed by atoms with Gasteiger partial charge in [0.1, 0.15) is 6.10 Å². The minimum Gasteiger partial charge on any atom is -0.473 e. The van der Waals surface area contributed by atoms with Gasteiger partial charge in [0.2, 0.25) is 5.88 Å². The smallest absolute Gasteiger partial charge is 0.219 e. The van der Waals surface area contributed by atoms with Crippen molar-refractivity contribution in [3.05, 3.63) is 36.7 Å². The van der Waals surface area contributed by atoms with Crippen LogP contribution in [0.15, 0.2) is 31.0 Å². The number of ether oxygens (including phenoxy) is 2. The number of aromatic nitrogens is 4. The second-order valence-electron chi connectivity index (χ2n) is 7.81. The largest absolute Gasteiger partial charge is 0.473 e. The molecule has 1 unspecified atom stereocenters. The van der Waals surface area contributed by atoms with Gasteiger partial charge in [-0.25, -0.2) is 9.36 Å². The first-order chi connectivity index (χ1) is 14.6. The highest BCUT2D eigenvalue weighted by Crippen LogP contribution is 2.35. The van der Waals surface area contributed by atoms with Crippen molar-refractivity contribution >= 4 is 17.0 Å². The summed E-state index contributed by atoms with van der Waals surface area (Å²) in [5.74, 6) is 0.767. The molecule has 2 aromatic heterocycles. The number of likely N-dealkylation sites (N-methyl/N-ethyl adjacent to an activating group) is 1. The molecule has 1 N–H and O–H groups in total. The van der Waals surface area contributed by atoms with Crippen LogP contribution in [0.25, 0.3) is 28.1 Å². The number of hydrogen-bond acceptors (Lipinski definition) is 5. The predicted octanol–water partition coefficient (Wildman–Crippen LogP) is 4.16. The lowest BCUT2D eigenvalue weighted by atomic mass is 10.1. The van der Waals surface area contributed by atoms with Crippen LogP contribution in [0.1, 0.15) is 45.0 Å². The zero-order chi connectivity index (χ0) is 21.1. The summed E-state index contributed by atoms with van der Waals surface area (Å²) in [4.78, 5) is 0. The monoisotopic (exact) mass is 409 g/mol. The van der Waals surface area contributed by atoms with Crippen LogP contribution in [0.3, 0.4) is 0 Å². The van der Waals surface area contributed by atoms with Gasteiger partial charge in [-0.15, -0.1) is 0 Å². The Labute approximate surface area is 177 Å². The molecule has 4 rings (SSSR count). The third kappa shape index (κ3) is 4.00. The first-order valence-electron chi connectivity index (χ1n) is 10.8. The van der Waals surface area contributed by atoms with E-state index in [1.165, 1.54) is 0 Å². The van der Waals surface area contributed by atoms with Gasteiger partial charge in [-0.1, -0.05) is 19.6 Å². The SMILES string of the molecule is C=Cc1nn(C2CCCCO2)c2ccc(-c3cnn(C)c3O[C@@H](C)CNCC)cc12. The molecule has 0 bridgehead atoms. The minimum atomic E-state index is -0.00926. The molecule has 2 atom stereocenters. The Kier molecular flexibility index (Phi) is 6.20. The van der Waals surface area contributed by atoms with E-state index in [0.29, 0.717) is 0 Å². The van der Waals surface area contributed by atoms with Crippen molar-refractivity contribution in [1.82, 2.24) is 24.9 Å².